The number of nitrogens with zero attached hydrogens (tertiary/aromatic N) is 6. The number of methoxy groups -OCH3 is 1. The molecule has 31 heavy (non-hydrogen) atoms. The van der Waals surface area contributed by atoms with Crippen molar-refractivity contribution in [3.8, 4) is 17.1 Å². The van der Waals surface area contributed by atoms with E-state index in [1.165, 1.54) is 6.07 Å². The molecule has 0 radical (unpaired) electrons. The average Bonchev–Trinajstić information content (AvgIpc) is 3.53. The number of benzene rings is 2. The first-order chi connectivity index (χ1) is 15.2. The van der Waals surface area contributed by atoms with Crippen molar-refractivity contribution in [2.45, 2.75) is 12.5 Å². The van der Waals surface area contributed by atoms with Gasteiger partial charge in [-0.2, -0.15) is 0 Å². The number of ether oxygens (including phenoxy) is 2. The lowest BCUT2D eigenvalue weighted by atomic mass is 10.1. The van der Waals surface area contributed by atoms with E-state index >= 15 is 0 Å². The number of aliphatic imine (C=N–C) groups is 1. The lowest BCUT2D eigenvalue weighted by Crippen LogP contribution is -2.08. The molecule has 0 saturated carbocycles. The lowest BCUT2D eigenvalue weighted by Gasteiger charge is -2.11. The fourth-order valence-corrected chi connectivity index (χ4v) is 4.09. The molecule has 9 heteroatoms. The minimum atomic E-state index is -0.400. The Bertz CT molecular complexity index is 1340. The molecule has 2 aliphatic heterocycles. The van der Waals surface area contributed by atoms with Crippen LogP contribution in [0.2, 0.25) is 0 Å². The molecule has 4 aromatic rings. The lowest BCUT2D eigenvalue weighted by molar-refractivity contribution is 0.316. The van der Waals surface area contributed by atoms with Gasteiger partial charge in [0.15, 0.2) is 0 Å². The summed E-state index contributed by atoms with van der Waals surface area (Å²) < 4.78 is 29.3. The van der Waals surface area contributed by atoms with Gasteiger partial charge in [-0.15, -0.1) is 5.10 Å². The Morgan fingerprint density at radius 1 is 1.16 bits per heavy atom. The molecule has 0 N–H and O–H groups in total. The topological polar surface area (TPSA) is 79.3 Å². The predicted octanol–water partition coefficient (Wildman–Crippen LogP) is 3.02. The van der Waals surface area contributed by atoms with Crippen molar-refractivity contribution in [1.82, 2.24) is 24.5 Å². The van der Waals surface area contributed by atoms with Crippen LogP contribution in [0.3, 0.4) is 0 Å². The van der Waals surface area contributed by atoms with Crippen molar-refractivity contribution in [1.29, 1.82) is 0 Å². The molecule has 0 saturated heterocycles. The zero-order valence-corrected chi connectivity index (χ0v) is 16.6. The van der Waals surface area contributed by atoms with Gasteiger partial charge >= 0.3 is 0 Å². The summed E-state index contributed by atoms with van der Waals surface area (Å²) in [7, 11) is 1.63. The predicted molar refractivity (Wildman–Crippen MR) is 109 cm³/mol. The van der Waals surface area contributed by atoms with Gasteiger partial charge in [0.1, 0.15) is 36.2 Å². The third-order valence-corrected chi connectivity index (χ3v) is 5.62. The zero-order chi connectivity index (χ0) is 20.9. The number of imidazole rings is 1. The number of rotatable bonds is 3. The molecule has 0 aliphatic carbocycles. The molecule has 4 heterocycles. The minimum absolute atomic E-state index is 0.274. The van der Waals surface area contributed by atoms with E-state index < -0.39 is 6.04 Å². The van der Waals surface area contributed by atoms with Crippen LogP contribution in [-0.2, 0) is 11.2 Å². The van der Waals surface area contributed by atoms with Crippen molar-refractivity contribution in [2.75, 3.05) is 13.7 Å². The summed E-state index contributed by atoms with van der Waals surface area (Å²) >= 11 is 0. The minimum Gasteiger partial charge on any atom is -0.497 e. The third kappa shape index (κ3) is 2.73. The fraction of sp³-hybridized carbons (Fsp3) is 0.182. The number of fused-ring (bicyclic) bond motifs is 5. The maximum Gasteiger partial charge on any atom is 0.238 e. The largest absolute Gasteiger partial charge is 0.497 e. The summed E-state index contributed by atoms with van der Waals surface area (Å²) in [5, 5.41) is 8.34. The summed E-state index contributed by atoms with van der Waals surface area (Å²) in [6.45, 7) is 0.274. The summed E-state index contributed by atoms with van der Waals surface area (Å²) in [6.07, 6.45) is 4.01. The molecule has 1 atom stereocenters. The summed E-state index contributed by atoms with van der Waals surface area (Å²) in [5.41, 5.74) is 4.69. The molecular formula is C22H17FN6O2. The van der Waals surface area contributed by atoms with Crippen LogP contribution in [0.4, 0.5) is 4.39 Å². The molecule has 2 aromatic carbocycles. The second-order valence-electron chi connectivity index (χ2n) is 7.36. The highest BCUT2D eigenvalue weighted by atomic mass is 19.1. The molecule has 0 spiro atoms. The van der Waals surface area contributed by atoms with Crippen LogP contribution in [0, 0.1) is 5.82 Å². The van der Waals surface area contributed by atoms with Crippen LogP contribution in [-0.4, -0.2) is 44.2 Å². The van der Waals surface area contributed by atoms with E-state index in [1.54, 1.807) is 42.5 Å². The number of hydrogen-bond donors (Lipinski definition) is 0. The van der Waals surface area contributed by atoms with Crippen LogP contribution in [0.25, 0.3) is 11.4 Å². The van der Waals surface area contributed by atoms with Crippen molar-refractivity contribution in [3.05, 3.63) is 83.5 Å². The Kier molecular flexibility index (Phi) is 3.89. The monoisotopic (exact) mass is 416 g/mol. The van der Waals surface area contributed by atoms with Gasteiger partial charge in [-0.25, -0.2) is 19.0 Å². The van der Waals surface area contributed by atoms with Crippen LogP contribution < -0.4 is 4.74 Å². The zero-order valence-electron chi connectivity index (χ0n) is 16.6. The molecular weight excluding hydrogens is 399 g/mol. The normalized spacial score (nSPS) is 16.6. The molecule has 2 aliphatic rings. The molecule has 154 valence electrons. The van der Waals surface area contributed by atoms with E-state index in [0.29, 0.717) is 23.6 Å². The first-order valence-corrected chi connectivity index (χ1v) is 9.83. The summed E-state index contributed by atoms with van der Waals surface area (Å²) in [5.74, 6) is 0.848. The molecule has 0 unspecified atom stereocenters. The Balaban J connectivity index is 1.47. The Hall–Kier alpha value is -4.01. The fourth-order valence-electron chi connectivity index (χ4n) is 4.09. The van der Waals surface area contributed by atoms with Crippen molar-refractivity contribution < 1.29 is 13.9 Å². The van der Waals surface area contributed by atoms with Crippen LogP contribution in [0.5, 0.6) is 5.75 Å². The van der Waals surface area contributed by atoms with E-state index in [0.717, 1.165) is 28.5 Å². The Labute approximate surface area is 176 Å². The first kappa shape index (κ1) is 17.8. The number of halogens is 1. The smallest absolute Gasteiger partial charge is 0.238 e. The van der Waals surface area contributed by atoms with E-state index in [9.17, 15) is 4.39 Å². The van der Waals surface area contributed by atoms with Crippen molar-refractivity contribution >= 4 is 5.90 Å². The molecule has 0 amide bonds. The summed E-state index contributed by atoms with van der Waals surface area (Å²) in [6, 6.07) is 12.0. The van der Waals surface area contributed by atoms with E-state index in [4.69, 9.17) is 9.47 Å². The molecule has 6 rings (SSSR count). The van der Waals surface area contributed by atoms with Gasteiger partial charge in [0.05, 0.1) is 36.1 Å². The van der Waals surface area contributed by atoms with Gasteiger partial charge in [0, 0.05) is 18.1 Å². The van der Waals surface area contributed by atoms with E-state index in [2.05, 4.69) is 20.3 Å². The number of hydrogen-bond acceptors (Lipinski definition) is 6. The highest BCUT2D eigenvalue weighted by molar-refractivity contribution is 5.95. The summed E-state index contributed by atoms with van der Waals surface area (Å²) in [4.78, 5) is 9.25. The van der Waals surface area contributed by atoms with E-state index in [1.807, 2.05) is 22.8 Å². The second kappa shape index (κ2) is 6.76. The first-order valence-electron chi connectivity index (χ1n) is 9.83. The number of aromatic nitrogens is 5. The molecule has 0 bridgehead atoms. The van der Waals surface area contributed by atoms with Crippen LogP contribution >= 0.6 is 0 Å². The highest BCUT2D eigenvalue weighted by Gasteiger charge is 2.30. The molecule has 2 aromatic heterocycles. The Morgan fingerprint density at radius 3 is 2.94 bits per heavy atom. The van der Waals surface area contributed by atoms with Crippen LogP contribution in [0.1, 0.15) is 28.7 Å². The Morgan fingerprint density at radius 2 is 2.06 bits per heavy atom. The molecule has 0 fully saturated rings. The quantitative estimate of drug-likeness (QED) is 0.452. The SMILES string of the molecule is COc1ccc2c(c1)-n1nncc1Cc1c(C3=N[C@@H](c4ccccc4F)CO3)ncn1-2. The van der Waals surface area contributed by atoms with Gasteiger partial charge < -0.3 is 9.47 Å². The van der Waals surface area contributed by atoms with Gasteiger partial charge in [0.25, 0.3) is 0 Å². The van der Waals surface area contributed by atoms with Crippen molar-refractivity contribution in [2.24, 2.45) is 4.99 Å². The van der Waals surface area contributed by atoms with Crippen molar-refractivity contribution in [3.63, 3.8) is 0 Å². The maximum absolute atomic E-state index is 14.2. The van der Waals surface area contributed by atoms with Crippen LogP contribution in [0.15, 0.2) is 60.0 Å². The third-order valence-electron chi connectivity index (χ3n) is 5.62. The second-order valence-corrected chi connectivity index (χ2v) is 7.36. The van der Waals surface area contributed by atoms with Gasteiger partial charge in [-0.05, 0) is 18.2 Å². The van der Waals surface area contributed by atoms with Gasteiger partial charge in [-0.1, -0.05) is 23.4 Å². The maximum atomic E-state index is 14.2. The van der Waals surface area contributed by atoms with E-state index in [-0.39, 0.29) is 12.4 Å². The van der Waals surface area contributed by atoms with Gasteiger partial charge in [-0.3, -0.25) is 4.57 Å². The van der Waals surface area contributed by atoms with Gasteiger partial charge in [0.2, 0.25) is 5.90 Å². The highest BCUT2D eigenvalue weighted by Crippen LogP contribution is 2.33. The molecule has 8 nitrogen and oxygen atoms in total. The standard InChI is InChI=1S/C22H17FN6O2/c1-30-14-6-7-18-19(9-14)29-13(10-25-27-29)8-20-21(24-12-28(18)20)22-26-17(11-31-22)15-4-2-3-5-16(15)23/h2-7,9-10,12,17H,8,11H2,1H3/t17-/m1/s1. The average molecular weight is 416 g/mol.